The molecule has 0 radical (unpaired) electrons. The molecule has 2 rings (SSSR count). The van der Waals surface area contributed by atoms with E-state index in [0.717, 1.165) is 0 Å². The van der Waals surface area contributed by atoms with Crippen molar-refractivity contribution in [1.82, 2.24) is 4.98 Å². The van der Waals surface area contributed by atoms with E-state index < -0.39 is 11.9 Å². The van der Waals surface area contributed by atoms with Crippen LogP contribution < -0.4 is 0 Å². The molecule has 0 N–H and O–H groups in total. The monoisotopic (exact) mass is 299 g/mol. The zero-order chi connectivity index (χ0) is 15.9. The van der Waals surface area contributed by atoms with Gasteiger partial charge in [0.2, 0.25) is 0 Å². The van der Waals surface area contributed by atoms with Crippen molar-refractivity contribution in [2.24, 2.45) is 0 Å². The number of ether oxygens (including phenoxy) is 2. The van der Waals surface area contributed by atoms with E-state index in [9.17, 15) is 9.59 Å². The van der Waals surface area contributed by atoms with Crippen LogP contribution >= 0.6 is 0 Å². The van der Waals surface area contributed by atoms with Crippen molar-refractivity contribution in [2.75, 3.05) is 13.2 Å². The van der Waals surface area contributed by atoms with Crippen LogP contribution in [0.3, 0.4) is 0 Å². The molecule has 1 aromatic carbocycles. The molecule has 1 aromatic heterocycles. The summed E-state index contributed by atoms with van der Waals surface area (Å²) in [5, 5.41) is 0. The molecule has 0 saturated carbocycles. The maximum atomic E-state index is 12.0. The summed E-state index contributed by atoms with van der Waals surface area (Å²) in [7, 11) is 0. The van der Waals surface area contributed by atoms with Crippen LogP contribution in [0.2, 0.25) is 0 Å². The Bertz CT molecular complexity index is 682. The summed E-state index contributed by atoms with van der Waals surface area (Å²) >= 11 is 0. The largest absolute Gasteiger partial charge is 0.462 e. The van der Waals surface area contributed by atoms with E-state index in [-0.39, 0.29) is 6.61 Å². The lowest BCUT2D eigenvalue weighted by Crippen LogP contribution is -2.08. The van der Waals surface area contributed by atoms with Gasteiger partial charge in [-0.05, 0) is 38.1 Å². The van der Waals surface area contributed by atoms with Gasteiger partial charge < -0.3 is 9.47 Å². The summed E-state index contributed by atoms with van der Waals surface area (Å²) in [6, 6.07) is 10.2. The first-order chi connectivity index (χ1) is 10.7. The van der Waals surface area contributed by atoms with Gasteiger partial charge >= 0.3 is 11.9 Å². The molecule has 0 aliphatic rings. The Balaban J connectivity index is 2.42. The Morgan fingerprint density at radius 3 is 2.45 bits per heavy atom. The Labute approximate surface area is 128 Å². The van der Waals surface area contributed by atoms with Gasteiger partial charge in [0.25, 0.3) is 0 Å². The second-order valence-electron chi connectivity index (χ2n) is 4.42. The molecular formula is C17H17NO4. The molecule has 5 heteroatoms. The molecule has 0 aliphatic carbocycles. The second kappa shape index (κ2) is 7.36. The molecular weight excluding hydrogens is 282 g/mol. The minimum atomic E-state index is -0.438. The number of rotatable bonds is 5. The number of hydrogen-bond donors (Lipinski definition) is 0. The molecule has 5 nitrogen and oxygen atoms in total. The predicted octanol–water partition coefficient (Wildman–Crippen LogP) is 3.10. The molecule has 0 aliphatic heterocycles. The minimum absolute atomic E-state index is 0.288. The fourth-order valence-corrected chi connectivity index (χ4v) is 2.02. The third-order valence-corrected chi connectivity index (χ3v) is 2.95. The van der Waals surface area contributed by atoms with Crippen molar-refractivity contribution >= 4 is 11.9 Å². The lowest BCUT2D eigenvalue weighted by Gasteiger charge is -2.09. The summed E-state index contributed by atoms with van der Waals surface area (Å²) in [5.41, 5.74) is 1.92. The number of carbonyl (C=O) groups is 2. The maximum absolute atomic E-state index is 12.0. The zero-order valence-corrected chi connectivity index (χ0v) is 12.5. The molecule has 114 valence electrons. The topological polar surface area (TPSA) is 65.5 Å². The molecule has 0 bridgehead atoms. The number of nitrogens with zero attached hydrogens (tertiary/aromatic N) is 1. The van der Waals surface area contributed by atoms with Gasteiger partial charge in [-0.3, -0.25) is 4.98 Å². The zero-order valence-electron chi connectivity index (χ0n) is 12.5. The van der Waals surface area contributed by atoms with E-state index in [1.807, 2.05) is 0 Å². The maximum Gasteiger partial charge on any atom is 0.340 e. The molecule has 0 spiro atoms. The first-order valence-corrected chi connectivity index (χ1v) is 7.07. The highest BCUT2D eigenvalue weighted by Gasteiger charge is 2.16. The third-order valence-electron chi connectivity index (χ3n) is 2.95. The fraction of sp³-hybridized carbons (Fsp3) is 0.235. The van der Waals surface area contributed by atoms with Crippen LogP contribution in [0.5, 0.6) is 0 Å². The van der Waals surface area contributed by atoms with Crippen molar-refractivity contribution < 1.29 is 19.1 Å². The Morgan fingerprint density at radius 1 is 1.00 bits per heavy atom. The van der Waals surface area contributed by atoms with Crippen LogP contribution in [0.1, 0.15) is 34.6 Å². The van der Waals surface area contributed by atoms with Crippen LogP contribution in [0.25, 0.3) is 11.3 Å². The van der Waals surface area contributed by atoms with Crippen LogP contribution in [-0.2, 0) is 9.47 Å². The average molecular weight is 299 g/mol. The van der Waals surface area contributed by atoms with Gasteiger partial charge in [0, 0.05) is 11.8 Å². The standard InChI is InChI=1S/C17H17NO4/c1-3-21-16(19)13-8-5-7-12(11-13)15-14(9-6-10-18-15)17(20)22-4-2/h5-11H,3-4H2,1-2H3. The number of hydrogen-bond acceptors (Lipinski definition) is 5. The van der Waals surface area contributed by atoms with Gasteiger partial charge in [0.05, 0.1) is 30.0 Å². The molecule has 1 heterocycles. The normalized spacial score (nSPS) is 10.1. The first-order valence-electron chi connectivity index (χ1n) is 7.07. The van der Waals surface area contributed by atoms with E-state index in [0.29, 0.717) is 29.0 Å². The molecule has 0 amide bonds. The third kappa shape index (κ3) is 3.49. The molecule has 0 fully saturated rings. The van der Waals surface area contributed by atoms with E-state index in [1.165, 1.54) is 0 Å². The van der Waals surface area contributed by atoms with Gasteiger partial charge in [0.1, 0.15) is 0 Å². The fourth-order valence-electron chi connectivity index (χ4n) is 2.02. The SMILES string of the molecule is CCOC(=O)c1cccc(-c2ncccc2C(=O)OCC)c1. The molecule has 0 saturated heterocycles. The van der Waals surface area contributed by atoms with Crippen LogP contribution in [-0.4, -0.2) is 30.1 Å². The van der Waals surface area contributed by atoms with Crippen molar-refractivity contribution in [3.05, 3.63) is 53.7 Å². The van der Waals surface area contributed by atoms with Crippen molar-refractivity contribution in [3.8, 4) is 11.3 Å². The van der Waals surface area contributed by atoms with E-state index in [4.69, 9.17) is 9.47 Å². The predicted molar refractivity (Wildman–Crippen MR) is 81.6 cm³/mol. The number of benzene rings is 1. The average Bonchev–Trinajstić information content (AvgIpc) is 2.55. The van der Waals surface area contributed by atoms with Gasteiger partial charge in [-0.2, -0.15) is 0 Å². The summed E-state index contributed by atoms with van der Waals surface area (Å²) in [5.74, 6) is -0.842. The van der Waals surface area contributed by atoms with Gasteiger partial charge in [-0.1, -0.05) is 12.1 Å². The number of pyridine rings is 1. The van der Waals surface area contributed by atoms with Crippen LogP contribution in [0.15, 0.2) is 42.6 Å². The number of carbonyl (C=O) groups excluding carboxylic acids is 2. The summed E-state index contributed by atoms with van der Waals surface area (Å²) in [6.07, 6.45) is 1.59. The quantitative estimate of drug-likeness (QED) is 0.794. The van der Waals surface area contributed by atoms with Gasteiger partial charge in [-0.15, -0.1) is 0 Å². The lowest BCUT2D eigenvalue weighted by molar-refractivity contribution is 0.0518. The summed E-state index contributed by atoms with van der Waals surface area (Å²) < 4.78 is 10.0. The molecule has 0 unspecified atom stereocenters. The van der Waals surface area contributed by atoms with Crippen molar-refractivity contribution in [2.45, 2.75) is 13.8 Å². The highest BCUT2D eigenvalue weighted by molar-refractivity contribution is 5.97. The number of aromatic nitrogens is 1. The highest BCUT2D eigenvalue weighted by Crippen LogP contribution is 2.23. The second-order valence-corrected chi connectivity index (χ2v) is 4.42. The van der Waals surface area contributed by atoms with Gasteiger partial charge in [0.15, 0.2) is 0 Å². The van der Waals surface area contributed by atoms with Crippen molar-refractivity contribution in [1.29, 1.82) is 0 Å². The Morgan fingerprint density at radius 2 is 1.73 bits per heavy atom. The van der Waals surface area contributed by atoms with E-state index in [2.05, 4.69) is 4.98 Å². The minimum Gasteiger partial charge on any atom is -0.462 e. The smallest absolute Gasteiger partial charge is 0.340 e. The Hall–Kier alpha value is -2.69. The number of esters is 2. The van der Waals surface area contributed by atoms with Gasteiger partial charge in [-0.25, -0.2) is 9.59 Å². The van der Waals surface area contributed by atoms with E-state index in [1.54, 1.807) is 56.4 Å². The Kier molecular flexibility index (Phi) is 5.25. The summed E-state index contributed by atoms with van der Waals surface area (Å²) in [6.45, 7) is 4.09. The van der Waals surface area contributed by atoms with Crippen molar-refractivity contribution in [3.63, 3.8) is 0 Å². The highest BCUT2D eigenvalue weighted by atomic mass is 16.5. The van der Waals surface area contributed by atoms with E-state index >= 15 is 0 Å². The van der Waals surface area contributed by atoms with Crippen LogP contribution in [0.4, 0.5) is 0 Å². The summed E-state index contributed by atoms with van der Waals surface area (Å²) in [4.78, 5) is 28.1. The first kappa shape index (κ1) is 15.7. The molecule has 0 atom stereocenters. The van der Waals surface area contributed by atoms with Crippen LogP contribution in [0, 0.1) is 0 Å². The molecule has 2 aromatic rings. The lowest BCUT2D eigenvalue weighted by atomic mass is 10.0. The molecule has 22 heavy (non-hydrogen) atoms.